The minimum absolute atomic E-state index is 0.215. The highest BCUT2D eigenvalue weighted by Crippen LogP contribution is 2.00. The number of nitrogens with two attached hydrogens (primary N) is 1. The minimum atomic E-state index is 0.215. The van der Waals surface area contributed by atoms with Gasteiger partial charge in [-0.2, -0.15) is 0 Å². The molecule has 1 aromatic rings. The van der Waals surface area contributed by atoms with Gasteiger partial charge in [0.2, 0.25) is 0 Å². The van der Waals surface area contributed by atoms with Crippen molar-refractivity contribution in [3.63, 3.8) is 0 Å². The number of hydrogen-bond donors (Lipinski definition) is 1. The lowest BCUT2D eigenvalue weighted by atomic mass is 10.1. The molecule has 0 aromatic carbocycles. The van der Waals surface area contributed by atoms with E-state index in [4.69, 9.17) is 5.73 Å². The van der Waals surface area contributed by atoms with Crippen molar-refractivity contribution in [1.82, 2.24) is 9.88 Å². The van der Waals surface area contributed by atoms with E-state index < -0.39 is 0 Å². The second-order valence-corrected chi connectivity index (χ2v) is 3.88. The standard InChI is InChI=1S/C11H19N3/c1-14(2)8-6-10(12)9-11-5-3-4-7-13-11/h3-5,7,10H,6,8-9,12H2,1-2H3. The highest BCUT2D eigenvalue weighted by atomic mass is 15.0. The zero-order chi connectivity index (χ0) is 10.4. The van der Waals surface area contributed by atoms with Crippen molar-refractivity contribution in [3.8, 4) is 0 Å². The van der Waals surface area contributed by atoms with Gasteiger partial charge in [-0.25, -0.2) is 0 Å². The zero-order valence-electron chi connectivity index (χ0n) is 8.98. The van der Waals surface area contributed by atoms with E-state index in [-0.39, 0.29) is 6.04 Å². The van der Waals surface area contributed by atoms with E-state index in [0.29, 0.717) is 0 Å². The largest absolute Gasteiger partial charge is 0.327 e. The second-order valence-electron chi connectivity index (χ2n) is 3.88. The molecule has 3 nitrogen and oxygen atoms in total. The van der Waals surface area contributed by atoms with Crippen LogP contribution in [0.25, 0.3) is 0 Å². The fraction of sp³-hybridized carbons (Fsp3) is 0.545. The van der Waals surface area contributed by atoms with E-state index in [2.05, 4.69) is 24.0 Å². The van der Waals surface area contributed by atoms with Crippen molar-refractivity contribution in [2.24, 2.45) is 5.73 Å². The van der Waals surface area contributed by atoms with Crippen LogP contribution in [0, 0.1) is 0 Å². The van der Waals surface area contributed by atoms with Crippen LogP contribution in [-0.2, 0) is 6.42 Å². The fourth-order valence-corrected chi connectivity index (χ4v) is 1.31. The molecule has 2 N–H and O–H groups in total. The van der Waals surface area contributed by atoms with Crippen LogP contribution in [0.15, 0.2) is 24.4 Å². The Hall–Kier alpha value is -0.930. The molecule has 0 saturated carbocycles. The van der Waals surface area contributed by atoms with Crippen LogP contribution in [0.3, 0.4) is 0 Å². The van der Waals surface area contributed by atoms with Gasteiger partial charge in [-0.15, -0.1) is 0 Å². The van der Waals surface area contributed by atoms with Gasteiger partial charge in [-0.3, -0.25) is 4.98 Å². The second kappa shape index (κ2) is 5.73. The Bertz CT molecular complexity index is 246. The van der Waals surface area contributed by atoms with E-state index in [1.807, 2.05) is 24.4 Å². The molecule has 1 aromatic heterocycles. The van der Waals surface area contributed by atoms with Crippen LogP contribution in [0.5, 0.6) is 0 Å². The normalized spacial score (nSPS) is 13.1. The van der Waals surface area contributed by atoms with Crippen LogP contribution in [0.1, 0.15) is 12.1 Å². The smallest absolute Gasteiger partial charge is 0.0419 e. The summed E-state index contributed by atoms with van der Waals surface area (Å²) in [4.78, 5) is 6.40. The molecule has 1 heterocycles. The molecule has 0 amide bonds. The monoisotopic (exact) mass is 193 g/mol. The molecular formula is C11H19N3. The lowest BCUT2D eigenvalue weighted by Crippen LogP contribution is -2.28. The van der Waals surface area contributed by atoms with Crippen LogP contribution in [0.4, 0.5) is 0 Å². The molecule has 0 saturated heterocycles. The topological polar surface area (TPSA) is 42.1 Å². The summed E-state index contributed by atoms with van der Waals surface area (Å²) in [7, 11) is 4.13. The van der Waals surface area contributed by atoms with Gasteiger partial charge in [-0.1, -0.05) is 6.07 Å². The quantitative estimate of drug-likeness (QED) is 0.755. The van der Waals surface area contributed by atoms with Crippen molar-refractivity contribution in [2.45, 2.75) is 18.9 Å². The minimum Gasteiger partial charge on any atom is -0.327 e. The molecule has 0 bridgehead atoms. The summed E-state index contributed by atoms with van der Waals surface area (Å²) in [6.45, 7) is 1.04. The summed E-state index contributed by atoms with van der Waals surface area (Å²) in [5, 5.41) is 0. The maximum absolute atomic E-state index is 5.99. The Morgan fingerprint density at radius 2 is 2.21 bits per heavy atom. The van der Waals surface area contributed by atoms with Crippen LogP contribution in [0.2, 0.25) is 0 Å². The first kappa shape index (κ1) is 11.1. The van der Waals surface area contributed by atoms with E-state index in [1.165, 1.54) is 0 Å². The Balaban J connectivity index is 2.30. The molecule has 0 radical (unpaired) electrons. The van der Waals surface area contributed by atoms with Gasteiger partial charge < -0.3 is 10.6 Å². The highest BCUT2D eigenvalue weighted by molar-refractivity contribution is 5.04. The summed E-state index contributed by atoms with van der Waals surface area (Å²) in [6.07, 6.45) is 3.70. The highest BCUT2D eigenvalue weighted by Gasteiger charge is 2.04. The first-order valence-electron chi connectivity index (χ1n) is 4.98. The van der Waals surface area contributed by atoms with E-state index >= 15 is 0 Å². The Morgan fingerprint density at radius 3 is 2.79 bits per heavy atom. The summed E-state index contributed by atoms with van der Waals surface area (Å²) < 4.78 is 0. The number of nitrogens with zero attached hydrogens (tertiary/aromatic N) is 2. The van der Waals surface area contributed by atoms with E-state index in [0.717, 1.165) is 25.1 Å². The third-order valence-corrected chi connectivity index (χ3v) is 2.14. The van der Waals surface area contributed by atoms with Gasteiger partial charge in [0.15, 0.2) is 0 Å². The number of rotatable bonds is 5. The van der Waals surface area contributed by atoms with Crippen LogP contribution >= 0.6 is 0 Å². The Labute approximate surface area is 85.9 Å². The molecule has 14 heavy (non-hydrogen) atoms. The third kappa shape index (κ3) is 4.35. The summed E-state index contributed by atoms with van der Waals surface area (Å²) in [6, 6.07) is 6.16. The molecule has 0 fully saturated rings. The van der Waals surface area contributed by atoms with Crippen molar-refractivity contribution in [1.29, 1.82) is 0 Å². The Kier molecular flexibility index (Phi) is 4.56. The summed E-state index contributed by atoms with van der Waals surface area (Å²) in [5.74, 6) is 0. The van der Waals surface area contributed by atoms with Gasteiger partial charge in [0.1, 0.15) is 0 Å². The molecule has 78 valence electrons. The predicted molar refractivity (Wildman–Crippen MR) is 59.1 cm³/mol. The maximum Gasteiger partial charge on any atom is 0.0419 e. The first-order chi connectivity index (χ1) is 6.68. The fourth-order valence-electron chi connectivity index (χ4n) is 1.31. The molecule has 3 heteroatoms. The summed E-state index contributed by atoms with van der Waals surface area (Å²) >= 11 is 0. The van der Waals surface area contributed by atoms with E-state index in [1.54, 1.807) is 0 Å². The predicted octanol–water partition coefficient (Wildman–Crippen LogP) is 0.903. The summed E-state index contributed by atoms with van der Waals surface area (Å²) in [5.41, 5.74) is 7.07. The molecule has 0 aliphatic carbocycles. The van der Waals surface area contributed by atoms with Crippen molar-refractivity contribution >= 4 is 0 Å². The van der Waals surface area contributed by atoms with Crippen molar-refractivity contribution < 1.29 is 0 Å². The van der Waals surface area contributed by atoms with Gasteiger partial charge in [0.05, 0.1) is 0 Å². The Morgan fingerprint density at radius 1 is 1.43 bits per heavy atom. The average Bonchev–Trinajstić information content (AvgIpc) is 2.16. The van der Waals surface area contributed by atoms with Gasteiger partial charge in [0, 0.05) is 24.4 Å². The lowest BCUT2D eigenvalue weighted by molar-refractivity contribution is 0.379. The number of pyridine rings is 1. The average molecular weight is 193 g/mol. The molecule has 1 rings (SSSR count). The molecule has 0 spiro atoms. The molecule has 1 unspecified atom stereocenters. The maximum atomic E-state index is 5.99. The van der Waals surface area contributed by atoms with Gasteiger partial charge in [-0.05, 0) is 39.2 Å². The van der Waals surface area contributed by atoms with E-state index in [9.17, 15) is 0 Å². The van der Waals surface area contributed by atoms with Crippen LogP contribution < -0.4 is 5.73 Å². The molecule has 0 aliphatic rings. The van der Waals surface area contributed by atoms with Crippen molar-refractivity contribution in [3.05, 3.63) is 30.1 Å². The van der Waals surface area contributed by atoms with Crippen LogP contribution in [-0.4, -0.2) is 36.6 Å². The first-order valence-corrected chi connectivity index (χ1v) is 4.98. The van der Waals surface area contributed by atoms with Gasteiger partial charge in [0.25, 0.3) is 0 Å². The molecule has 1 atom stereocenters. The van der Waals surface area contributed by atoms with Gasteiger partial charge >= 0.3 is 0 Å². The SMILES string of the molecule is CN(C)CCC(N)Cc1ccccn1. The third-order valence-electron chi connectivity index (χ3n) is 2.14. The zero-order valence-corrected chi connectivity index (χ0v) is 8.98. The van der Waals surface area contributed by atoms with Crippen molar-refractivity contribution in [2.75, 3.05) is 20.6 Å². The number of aromatic nitrogens is 1. The number of hydrogen-bond acceptors (Lipinski definition) is 3. The molecular weight excluding hydrogens is 174 g/mol. The lowest BCUT2D eigenvalue weighted by Gasteiger charge is -2.14. The molecule has 0 aliphatic heterocycles.